The zero-order valence-corrected chi connectivity index (χ0v) is 13.9. The third-order valence-corrected chi connectivity index (χ3v) is 8.05. The van der Waals surface area contributed by atoms with Gasteiger partial charge in [-0.3, -0.25) is 0 Å². The van der Waals surface area contributed by atoms with Gasteiger partial charge in [0.05, 0.1) is 11.9 Å². The van der Waals surface area contributed by atoms with Gasteiger partial charge in [-0.15, -0.1) is 0 Å². The monoisotopic (exact) mass is 316 g/mol. The molecule has 0 spiro atoms. The summed E-state index contributed by atoms with van der Waals surface area (Å²) in [7, 11) is -3.35. The van der Waals surface area contributed by atoms with Gasteiger partial charge in [-0.25, -0.2) is 13.1 Å². The molecular formula is C15H28N2O3S. The van der Waals surface area contributed by atoms with Crippen molar-refractivity contribution in [3.63, 3.8) is 0 Å². The van der Waals surface area contributed by atoms with Crippen molar-refractivity contribution in [3.8, 4) is 0 Å². The van der Waals surface area contributed by atoms with Gasteiger partial charge in [0.15, 0.2) is 0 Å². The molecule has 21 heavy (non-hydrogen) atoms. The Morgan fingerprint density at radius 3 is 2.62 bits per heavy atom. The summed E-state index contributed by atoms with van der Waals surface area (Å²) in [6.45, 7) is 5.71. The van der Waals surface area contributed by atoms with E-state index in [2.05, 4.69) is 23.9 Å². The van der Waals surface area contributed by atoms with Crippen molar-refractivity contribution >= 4 is 10.0 Å². The molecule has 4 atom stereocenters. The Bertz CT molecular complexity index is 499. The van der Waals surface area contributed by atoms with Crippen molar-refractivity contribution in [3.05, 3.63) is 0 Å². The van der Waals surface area contributed by atoms with E-state index in [1.807, 2.05) is 0 Å². The maximum absolute atomic E-state index is 12.5. The number of aliphatic hydroxyl groups is 1. The summed E-state index contributed by atoms with van der Waals surface area (Å²) < 4.78 is 27.8. The zero-order valence-electron chi connectivity index (χ0n) is 13.1. The van der Waals surface area contributed by atoms with Crippen LogP contribution in [-0.2, 0) is 10.0 Å². The molecule has 1 saturated heterocycles. The average molecular weight is 316 g/mol. The minimum atomic E-state index is -3.35. The van der Waals surface area contributed by atoms with E-state index in [0.717, 1.165) is 38.6 Å². The molecule has 2 aliphatic carbocycles. The molecule has 0 radical (unpaired) electrons. The van der Waals surface area contributed by atoms with Gasteiger partial charge in [-0.1, -0.05) is 13.8 Å². The average Bonchev–Trinajstić information content (AvgIpc) is 3.02. The zero-order chi connectivity index (χ0) is 15.3. The lowest BCUT2D eigenvalue weighted by Gasteiger charge is -2.40. The lowest BCUT2D eigenvalue weighted by atomic mass is 9.70. The highest BCUT2D eigenvalue weighted by atomic mass is 32.2. The first-order chi connectivity index (χ1) is 9.77. The van der Waals surface area contributed by atoms with Crippen LogP contribution in [0.15, 0.2) is 0 Å². The fourth-order valence-corrected chi connectivity index (χ4v) is 6.87. The molecule has 2 saturated carbocycles. The van der Waals surface area contributed by atoms with E-state index in [-0.39, 0.29) is 17.2 Å². The number of rotatable bonds is 5. The number of hydrogen-bond donors (Lipinski definition) is 3. The summed E-state index contributed by atoms with van der Waals surface area (Å²) in [6.07, 6.45) is 4.30. The van der Waals surface area contributed by atoms with Gasteiger partial charge >= 0.3 is 0 Å². The molecule has 2 bridgehead atoms. The quantitative estimate of drug-likeness (QED) is 0.702. The van der Waals surface area contributed by atoms with Crippen molar-refractivity contribution in [2.45, 2.75) is 58.1 Å². The molecule has 1 aliphatic heterocycles. The number of sulfonamides is 1. The van der Waals surface area contributed by atoms with E-state index in [4.69, 9.17) is 0 Å². The second-order valence-corrected chi connectivity index (χ2v) is 9.57. The maximum Gasteiger partial charge on any atom is 0.212 e. The standard InChI is InChI=1S/C15H28N2O3S/c1-14(2)11-5-6-15(14,13(18)8-11)10-21(19,20)17-9-12-4-3-7-16-12/h11-13,16-18H,3-10H2,1-2H3/t11-,12+,13-,15-/m1/s1. The molecule has 1 heterocycles. The van der Waals surface area contributed by atoms with Crippen molar-refractivity contribution in [1.82, 2.24) is 10.0 Å². The Morgan fingerprint density at radius 1 is 1.33 bits per heavy atom. The Hall–Kier alpha value is -0.170. The van der Waals surface area contributed by atoms with Gasteiger partial charge in [-0.05, 0) is 50.0 Å². The Kier molecular flexibility index (Phi) is 3.88. The van der Waals surface area contributed by atoms with Crippen LogP contribution in [0.2, 0.25) is 0 Å². The van der Waals surface area contributed by atoms with Crippen LogP contribution in [0, 0.1) is 16.7 Å². The van der Waals surface area contributed by atoms with Crippen LogP contribution in [-0.4, -0.2) is 44.5 Å². The highest BCUT2D eigenvalue weighted by Gasteiger charge is 2.64. The molecule has 0 aromatic carbocycles. The second kappa shape index (κ2) is 5.18. The topological polar surface area (TPSA) is 78.4 Å². The van der Waals surface area contributed by atoms with Crippen molar-refractivity contribution in [2.24, 2.45) is 16.7 Å². The molecule has 122 valence electrons. The molecule has 5 nitrogen and oxygen atoms in total. The largest absolute Gasteiger partial charge is 0.392 e. The van der Waals surface area contributed by atoms with Gasteiger partial charge in [0.1, 0.15) is 0 Å². The lowest BCUT2D eigenvalue weighted by Crippen LogP contribution is -2.48. The lowest BCUT2D eigenvalue weighted by molar-refractivity contribution is 0.0152. The Labute approximate surface area is 127 Å². The van der Waals surface area contributed by atoms with Crippen LogP contribution in [0.25, 0.3) is 0 Å². The molecule has 3 aliphatic rings. The van der Waals surface area contributed by atoms with Crippen molar-refractivity contribution < 1.29 is 13.5 Å². The first kappa shape index (κ1) is 15.7. The summed E-state index contributed by atoms with van der Waals surface area (Å²) in [5, 5.41) is 13.7. The molecule has 0 aromatic rings. The molecule has 0 aromatic heterocycles. The highest BCUT2D eigenvalue weighted by Crippen LogP contribution is 2.65. The summed E-state index contributed by atoms with van der Waals surface area (Å²) in [4.78, 5) is 0. The second-order valence-electron chi connectivity index (χ2n) is 7.77. The van der Waals surface area contributed by atoms with Crippen LogP contribution < -0.4 is 10.0 Å². The van der Waals surface area contributed by atoms with Crippen molar-refractivity contribution in [2.75, 3.05) is 18.8 Å². The maximum atomic E-state index is 12.5. The SMILES string of the molecule is CC1(C)[C@@H]2CC[C@@]1(CS(=O)(=O)NC[C@@H]1CCCN1)[C@H](O)C2. The number of aliphatic hydroxyl groups excluding tert-OH is 1. The predicted octanol–water partition coefficient (Wildman–Crippen LogP) is 0.845. The molecule has 3 N–H and O–H groups in total. The summed E-state index contributed by atoms with van der Waals surface area (Å²) >= 11 is 0. The molecule has 3 fully saturated rings. The van der Waals surface area contributed by atoms with Crippen LogP contribution in [0.3, 0.4) is 0 Å². The molecule has 6 heteroatoms. The van der Waals surface area contributed by atoms with E-state index >= 15 is 0 Å². The van der Waals surface area contributed by atoms with E-state index < -0.39 is 21.5 Å². The van der Waals surface area contributed by atoms with E-state index in [1.54, 1.807) is 0 Å². The normalized spacial score (nSPS) is 41.8. The molecule has 0 amide bonds. The third kappa shape index (κ3) is 2.54. The van der Waals surface area contributed by atoms with Crippen LogP contribution in [0.5, 0.6) is 0 Å². The van der Waals surface area contributed by atoms with Crippen LogP contribution >= 0.6 is 0 Å². The van der Waals surface area contributed by atoms with Gasteiger partial charge in [0.2, 0.25) is 10.0 Å². The van der Waals surface area contributed by atoms with Crippen LogP contribution in [0.1, 0.15) is 46.0 Å². The number of nitrogens with one attached hydrogen (secondary N) is 2. The first-order valence-corrected chi connectivity index (χ1v) is 9.81. The van der Waals surface area contributed by atoms with Crippen LogP contribution in [0.4, 0.5) is 0 Å². The fraction of sp³-hybridized carbons (Fsp3) is 1.00. The van der Waals surface area contributed by atoms with E-state index in [9.17, 15) is 13.5 Å². The van der Waals surface area contributed by atoms with E-state index in [1.165, 1.54) is 0 Å². The fourth-order valence-electron chi connectivity index (χ4n) is 4.93. The van der Waals surface area contributed by atoms with Crippen molar-refractivity contribution in [1.29, 1.82) is 0 Å². The number of hydrogen-bond acceptors (Lipinski definition) is 4. The first-order valence-electron chi connectivity index (χ1n) is 8.16. The predicted molar refractivity (Wildman–Crippen MR) is 82.4 cm³/mol. The molecule has 0 unspecified atom stereocenters. The molecular weight excluding hydrogens is 288 g/mol. The minimum Gasteiger partial charge on any atom is -0.392 e. The van der Waals surface area contributed by atoms with Gasteiger partial charge in [0.25, 0.3) is 0 Å². The van der Waals surface area contributed by atoms with Gasteiger partial charge in [-0.2, -0.15) is 0 Å². The summed E-state index contributed by atoms with van der Waals surface area (Å²) in [5.74, 6) is 0.524. The minimum absolute atomic E-state index is 0.0669. The highest BCUT2D eigenvalue weighted by molar-refractivity contribution is 7.89. The smallest absolute Gasteiger partial charge is 0.212 e. The van der Waals surface area contributed by atoms with Gasteiger partial charge < -0.3 is 10.4 Å². The number of fused-ring (bicyclic) bond motifs is 2. The summed E-state index contributed by atoms with van der Waals surface area (Å²) in [6, 6.07) is 0.259. The Morgan fingerprint density at radius 2 is 2.10 bits per heavy atom. The summed E-state index contributed by atoms with van der Waals surface area (Å²) in [5.41, 5.74) is -0.556. The Balaban J connectivity index is 1.69. The molecule has 3 rings (SSSR count). The third-order valence-electron chi connectivity index (χ3n) is 6.55. The van der Waals surface area contributed by atoms with E-state index in [0.29, 0.717) is 12.5 Å². The van der Waals surface area contributed by atoms with Gasteiger partial charge in [0, 0.05) is 18.0 Å².